The van der Waals surface area contributed by atoms with Gasteiger partial charge in [-0.3, -0.25) is 4.84 Å². The van der Waals surface area contributed by atoms with Crippen LogP contribution in [0.3, 0.4) is 0 Å². The van der Waals surface area contributed by atoms with Gasteiger partial charge in [-0.1, -0.05) is 0 Å². The molecule has 1 aliphatic rings. The quantitative estimate of drug-likeness (QED) is 0.451. The Morgan fingerprint density at radius 3 is 2.78 bits per heavy atom. The Bertz CT molecular complexity index is 108. The lowest BCUT2D eigenvalue weighted by molar-refractivity contribution is -0.131. The van der Waals surface area contributed by atoms with E-state index in [0.29, 0.717) is 6.61 Å². The first-order valence-corrected chi connectivity index (χ1v) is 2.82. The molecular formula is C5H10N2O2. The summed E-state index contributed by atoms with van der Waals surface area (Å²) in [5.41, 5.74) is 5.48. The molecule has 0 bridgehead atoms. The lowest BCUT2D eigenvalue weighted by Crippen LogP contribution is -2.39. The van der Waals surface area contributed by atoms with Crippen LogP contribution in [0.5, 0.6) is 0 Å². The fourth-order valence-corrected chi connectivity index (χ4v) is 0.845. The van der Waals surface area contributed by atoms with E-state index in [4.69, 9.17) is 10.6 Å². The van der Waals surface area contributed by atoms with Crippen molar-refractivity contribution in [2.75, 3.05) is 13.7 Å². The summed E-state index contributed by atoms with van der Waals surface area (Å²) in [6.07, 6.45) is 0.803. The zero-order chi connectivity index (χ0) is 6.85. The number of hydrogen-bond acceptors (Lipinski definition) is 4. The van der Waals surface area contributed by atoms with Crippen molar-refractivity contribution >= 4 is 6.29 Å². The fourth-order valence-electron chi connectivity index (χ4n) is 0.845. The van der Waals surface area contributed by atoms with E-state index in [1.165, 1.54) is 5.06 Å². The Morgan fingerprint density at radius 1 is 1.89 bits per heavy atom. The molecule has 0 saturated carbocycles. The van der Waals surface area contributed by atoms with Crippen LogP contribution in [0.2, 0.25) is 0 Å². The van der Waals surface area contributed by atoms with Crippen LogP contribution in [-0.2, 0) is 9.63 Å². The third kappa shape index (κ3) is 1.10. The molecule has 9 heavy (non-hydrogen) atoms. The Kier molecular flexibility index (Phi) is 1.80. The van der Waals surface area contributed by atoms with Gasteiger partial charge in [-0.25, -0.2) is 0 Å². The minimum Gasteiger partial charge on any atom is -0.324 e. The van der Waals surface area contributed by atoms with E-state index >= 15 is 0 Å². The molecule has 0 amide bonds. The van der Waals surface area contributed by atoms with Gasteiger partial charge in [0.1, 0.15) is 12.3 Å². The van der Waals surface area contributed by atoms with Crippen molar-refractivity contribution in [2.45, 2.75) is 12.1 Å². The van der Waals surface area contributed by atoms with Crippen LogP contribution in [0, 0.1) is 0 Å². The van der Waals surface area contributed by atoms with E-state index in [1.807, 2.05) is 0 Å². The Hall–Kier alpha value is -0.450. The van der Waals surface area contributed by atoms with E-state index in [-0.39, 0.29) is 12.1 Å². The molecule has 4 nitrogen and oxygen atoms in total. The van der Waals surface area contributed by atoms with Crippen LogP contribution in [0.15, 0.2) is 0 Å². The average Bonchev–Trinajstić information content (AvgIpc) is 2.12. The first-order valence-electron chi connectivity index (χ1n) is 2.82. The Labute approximate surface area is 53.5 Å². The third-order valence-electron chi connectivity index (χ3n) is 1.47. The summed E-state index contributed by atoms with van der Waals surface area (Å²) in [6.45, 7) is 0.444. The molecule has 0 aromatic rings. The molecule has 0 aliphatic carbocycles. The summed E-state index contributed by atoms with van der Waals surface area (Å²) in [5.74, 6) is 0. The van der Waals surface area contributed by atoms with E-state index in [1.54, 1.807) is 7.05 Å². The van der Waals surface area contributed by atoms with Gasteiger partial charge in [0.2, 0.25) is 0 Å². The van der Waals surface area contributed by atoms with Gasteiger partial charge >= 0.3 is 0 Å². The topological polar surface area (TPSA) is 55.6 Å². The van der Waals surface area contributed by atoms with Crippen molar-refractivity contribution in [1.29, 1.82) is 0 Å². The predicted octanol–water partition coefficient (Wildman–Crippen LogP) is -1.24. The zero-order valence-electron chi connectivity index (χ0n) is 5.28. The van der Waals surface area contributed by atoms with Crippen LogP contribution in [0.4, 0.5) is 0 Å². The largest absolute Gasteiger partial charge is 0.324 e. The lowest BCUT2D eigenvalue weighted by atomic mass is 10.2. The number of likely N-dealkylation sites (N-methyl/N-ethyl adjacent to an activating group) is 1. The number of rotatable bonds is 1. The molecule has 1 aliphatic heterocycles. The van der Waals surface area contributed by atoms with E-state index in [2.05, 4.69) is 0 Å². The van der Waals surface area contributed by atoms with Gasteiger partial charge in [0.05, 0.1) is 12.6 Å². The molecule has 2 N–H and O–H groups in total. The van der Waals surface area contributed by atoms with Crippen molar-refractivity contribution in [2.24, 2.45) is 5.73 Å². The summed E-state index contributed by atoms with van der Waals surface area (Å²) in [5, 5.41) is 1.48. The van der Waals surface area contributed by atoms with E-state index in [9.17, 15) is 4.79 Å². The molecule has 1 saturated heterocycles. The number of aldehydes is 1. The molecule has 2 atom stereocenters. The predicted molar refractivity (Wildman–Crippen MR) is 31.5 cm³/mol. The van der Waals surface area contributed by atoms with Crippen LogP contribution >= 0.6 is 0 Å². The smallest absolute Gasteiger partial charge is 0.141 e. The number of hydrogen-bond donors (Lipinski definition) is 1. The van der Waals surface area contributed by atoms with E-state index in [0.717, 1.165) is 6.29 Å². The first-order chi connectivity index (χ1) is 4.25. The Balaban J connectivity index is 2.54. The van der Waals surface area contributed by atoms with E-state index < -0.39 is 0 Å². The van der Waals surface area contributed by atoms with Gasteiger partial charge in [-0.05, 0) is 0 Å². The normalized spacial score (nSPS) is 37.1. The van der Waals surface area contributed by atoms with Crippen molar-refractivity contribution in [3.8, 4) is 0 Å². The summed E-state index contributed by atoms with van der Waals surface area (Å²) in [7, 11) is 1.70. The van der Waals surface area contributed by atoms with Crippen molar-refractivity contribution in [3.63, 3.8) is 0 Å². The van der Waals surface area contributed by atoms with Crippen molar-refractivity contribution in [3.05, 3.63) is 0 Å². The average molecular weight is 130 g/mol. The summed E-state index contributed by atoms with van der Waals surface area (Å²) in [4.78, 5) is 15.2. The van der Waals surface area contributed by atoms with Gasteiger partial charge in [0.15, 0.2) is 0 Å². The molecular weight excluding hydrogens is 120 g/mol. The number of carbonyl (C=O) groups excluding carboxylic acids is 1. The van der Waals surface area contributed by atoms with Gasteiger partial charge in [-0.2, -0.15) is 5.06 Å². The SMILES string of the molecule is CN1OCC(N)C1C=O. The molecule has 0 radical (unpaired) electrons. The van der Waals surface area contributed by atoms with Crippen LogP contribution in [-0.4, -0.2) is 37.1 Å². The minimum absolute atomic E-state index is 0.160. The molecule has 2 unspecified atom stereocenters. The molecule has 0 spiro atoms. The van der Waals surface area contributed by atoms with Crippen LogP contribution in [0.25, 0.3) is 0 Å². The van der Waals surface area contributed by atoms with Gasteiger partial charge in [0, 0.05) is 7.05 Å². The molecule has 1 fully saturated rings. The number of nitrogens with zero attached hydrogens (tertiary/aromatic N) is 1. The van der Waals surface area contributed by atoms with Crippen molar-refractivity contribution < 1.29 is 9.63 Å². The summed E-state index contributed by atoms with van der Waals surface area (Å²) >= 11 is 0. The standard InChI is InChI=1S/C5H10N2O2/c1-7-5(2-8)4(6)3-9-7/h2,4-5H,3,6H2,1H3. The first kappa shape index (κ1) is 6.67. The highest BCUT2D eigenvalue weighted by Gasteiger charge is 2.29. The third-order valence-corrected chi connectivity index (χ3v) is 1.47. The molecule has 0 aromatic carbocycles. The number of nitrogens with two attached hydrogens (primary N) is 1. The maximum atomic E-state index is 10.2. The molecule has 0 aromatic heterocycles. The van der Waals surface area contributed by atoms with Gasteiger partial charge in [-0.15, -0.1) is 0 Å². The molecule has 52 valence electrons. The minimum atomic E-state index is -0.259. The maximum absolute atomic E-state index is 10.2. The lowest BCUT2D eigenvalue weighted by Gasteiger charge is -2.11. The zero-order valence-corrected chi connectivity index (χ0v) is 5.28. The second kappa shape index (κ2) is 2.43. The summed E-state index contributed by atoms with van der Waals surface area (Å²) < 4.78 is 0. The van der Waals surface area contributed by atoms with Crippen LogP contribution < -0.4 is 5.73 Å². The molecule has 1 rings (SSSR count). The maximum Gasteiger partial charge on any atom is 0.141 e. The second-order valence-electron chi connectivity index (χ2n) is 2.13. The monoisotopic (exact) mass is 130 g/mol. The Morgan fingerprint density at radius 2 is 2.56 bits per heavy atom. The van der Waals surface area contributed by atoms with Gasteiger partial charge in [0.25, 0.3) is 0 Å². The highest BCUT2D eigenvalue weighted by Crippen LogP contribution is 2.07. The number of hydroxylamine groups is 2. The fraction of sp³-hybridized carbons (Fsp3) is 0.800. The second-order valence-corrected chi connectivity index (χ2v) is 2.13. The van der Waals surface area contributed by atoms with Crippen molar-refractivity contribution in [1.82, 2.24) is 5.06 Å². The highest BCUT2D eigenvalue weighted by molar-refractivity contribution is 5.59. The van der Waals surface area contributed by atoms with Gasteiger partial charge < -0.3 is 10.5 Å². The summed E-state index contributed by atoms with van der Waals surface area (Å²) in [6, 6.07) is -0.419. The van der Waals surface area contributed by atoms with Crippen LogP contribution in [0.1, 0.15) is 0 Å². The number of carbonyl (C=O) groups is 1. The molecule has 4 heteroatoms. The molecule has 1 heterocycles. The highest BCUT2D eigenvalue weighted by atomic mass is 16.7.